The Kier molecular flexibility index (Phi) is 6.56. The Balaban J connectivity index is 1.81. The van der Waals surface area contributed by atoms with E-state index >= 15 is 0 Å². The molecule has 1 aliphatic heterocycles. The Morgan fingerprint density at radius 3 is 2.54 bits per heavy atom. The number of amides is 1. The van der Waals surface area contributed by atoms with E-state index in [9.17, 15) is 4.79 Å². The van der Waals surface area contributed by atoms with Gasteiger partial charge in [0.15, 0.2) is 0 Å². The van der Waals surface area contributed by atoms with Crippen LogP contribution in [0.2, 0.25) is 0 Å². The van der Waals surface area contributed by atoms with E-state index in [-0.39, 0.29) is 23.3 Å². The number of benzene rings is 2. The van der Waals surface area contributed by atoms with E-state index in [0.717, 1.165) is 31.5 Å². The molecule has 0 aromatic heterocycles. The second kappa shape index (κ2) is 8.91. The Hall–Kier alpha value is -2.13. The molecule has 3 rings (SSSR count). The van der Waals surface area contributed by atoms with Crippen LogP contribution >= 0.6 is 0 Å². The Bertz CT molecular complexity index is 779. The van der Waals surface area contributed by atoms with Crippen molar-refractivity contribution in [1.29, 1.82) is 0 Å². The average molecular weight is 379 g/mol. The number of hydrogen-bond acceptors (Lipinski definition) is 2. The first-order chi connectivity index (χ1) is 13.4. The summed E-state index contributed by atoms with van der Waals surface area (Å²) >= 11 is 0. The van der Waals surface area contributed by atoms with Crippen LogP contribution in [0.4, 0.5) is 5.69 Å². The molecule has 1 saturated heterocycles. The number of piperidine rings is 1. The molecular formula is C25H34N2O. The average Bonchev–Trinajstić information content (AvgIpc) is 2.68. The number of carbonyl (C=O) groups is 1. The van der Waals surface area contributed by atoms with Crippen molar-refractivity contribution >= 4 is 11.6 Å². The van der Waals surface area contributed by atoms with E-state index in [1.54, 1.807) is 0 Å². The van der Waals surface area contributed by atoms with Crippen LogP contribution in [0, 0.1) is 11.8 Å². The van der Waals surface area contributed by atoms with E-state index in [1.807, 2.05) is 18.2 Å². The molecule has 0 aliphatic carbocycles. The molecule has 3 heteroatoms. The molecule has 150 valence electrons. The molecule has 0 radical (unpaired) electrons. The van der Waals surface area contributed by atoms with Gasteiger partial charge in [0, 0.05) is 11.7 Å². The molecule has 0 spiro atoms. The van der Waals surface area contributed by atoms with E-state index in [0.29, 0.717) is 5.92 Å². The van der Waals surface area contributed by atoms with Gasteiger partial charge in [0.1, 0.15) is 0 Å². The maximum absolute atomic E-state index is 13.3. The van der Waals surface area contributed by atoms with Crippen LogP contribution < -0.4 is 10.6 Å². The van der Waals surface area contributed by atoms with E-state index in [2.05, 4.69) is 74.7 Å². The maximum atomic E-state index is 13.3. The lowest BCUT2D eigenvalue weighted by molar-refractivity contribution is -0.122. The molecule has 1 fully saturated rings. The quantitative estimate of drug-likeness (QED) is 0.702. The summed E-state index contributed by atoms with van der Waals surface area (Å²) in [6.07, 6.45) is 3.26. The lowest BCUT2D eigenvalue weighted by atomic mass is 9.79. The van der Waals surface area contributed by atoms with Crippen molar-refractivity contribution in [3.8, 4) is 0 Å². The van der Waals surface area contributed by atoms with Gasteiger partial charge >= 0.3 is 0 Å². The van der Waals surface area contributed by atoms with Gasteiger partial charge in [-0.05, 0) is 54.0 Å². The van der Waals surface area contributed by atoms with Crippen LogP contribution in [0.3, 0.4) is 0 Å². The van der Waals surface area contributed by atoms with Crippen molar-refractivity contribution in [3.63, 3.8) is 0 Å². The first-order valence-electron chi connectivity index (χ1n) is 10.6. The Morgan fingerprint density at radius 1 is 1.11 bits per heavy atom. The van der Waals surface area contributed by atoms with Gasteiger partial charge in [-0.15, -0.1) is 0 Å². The topological polar surface area (TPSA) is 41.1 Å². The number of carbonyl (C=O) groups excluding carboxylic acids is 1. The summed E-state index contributed by atoms with van der Waals surface area (Å²) in [6.45, 7) is 9.78. The standard InChI is InChI=1S/C25H34N2O/c1-5-10-18-15-22(23(26-17-18)19-11-7-6-8-12-19)24(28)27-21-14-9-13-20(16-21)25(2,3)4/h6-9,11-14,16,18,22-23,26H,5,10,15,17H2,1-4H3,(H,27,28). The van der Waals surface area contributed by atoms with Gasteiger partial charge in [0.05, 0.1) is 5.92 Å². The van der Waals surface area contributed by atoms with Gasteiger partial charge in [0.2, 0.25) is 5.91 Å². The number of hydrogen-bond donors (Lipinski definition) is 2. The monoisotopic (exact) mass is 378 g/mol. The third-order valence-electron chi connectivity index (χ3n) is 5.80. The first-order valence-corrected chi connectivity index (χ1v) is 10.6. The SMILES string of the molecule is CCCC1CNC(c2ccccc2)C(C(=O)Nc2cccc(C(C)(C)C)c2)C1. The molecule has 3 atom stereocenters. The Morgan fingerprint density at radius 2 is 1.86 bits per heavy atom. The lowest BCUT2D eigenvalue weighted by Gasteiger charge is -2.36. The highest BCUT2D eigenvalue weighted by Gasteiger charge is 2.35. The normalized spacial score (nSPS) is 22.6. The van der Waals surface area contributed by atoms with Gasteiger partial charge < -0.3 is 10.6 Å². The van der Waals surface area contributed by atoms with Crippen molar-refractivity contribution in [2.24, 2.45) is 11.8 Å². The predicted octanol–water partition coefficient (Wildman–Crippen LogP) is 5.69. The summed E-state index contributed by atoms with van der Waals surface area (Å²) in [7, 11) is 0. The fourth-order valence-corrected chi connectivity index (χ4v) is 4.21. The van der Waals surface area contributed by atoms with Crippen molar-refractivity contribution in [3.05, 3.63) is 65.7 Å². The highest BCUT2D eigenvalue weighted by atomic mass is 16.1. The highest BCUT2D eigenvalue weighted by molar-refractivity contribution is 5.93. The summed E-state index contributed by atoms with van der Waals surface area (Å²) < 4.78 is 0. The first kappa shape index (κ1) is 20.6. The second-order valence-corrected chi connectivity index (χ2v) is 9.11. The van der Waals surface area contributed by atoms with E-state index in [4.69, 9.17) is 0 Å². The van der Waals surface area contributed by atoms with Crippen LogP contribution in [0.1, 0.15) is 64.1 Å². The molecule has 1 aliphatic rings. The summed E-state index contributed by atoms with van der Waals surface area (Å²) in [5.41, 5.74) is 3.38. The lowest BCUT2D eigenvalue weighted by Crippen LogP contribution is -2.44. The molecule has 3 nitrogen and oxygen atoms in total. The van der Waals surface area contributed by atoms with E-state index < -0.39 is 0 Å². The largest absolute Gasteiger partial charge is 0.326 e. The molecule has 2 aromatic rings. The minimum absolute atomic E-state index is 0.0614. The van der Waals surface area contributed by atoms with Gasteiger partial charge in [-0.1, -0.05) is 76.6 Å². The van der Waals surface area contributed by atoms with Crippen molar-refractivity contribution in [2.75, 3.05) is 11.9 Å². The van der Waals surface area contributed by atoms with Crippen LogP contribution in [0.25, 0.3) is 0 Å². The fourth-order valence-electron chi connectivity index (χ4n) is 4.21. The summed E-state index contributed by atoms with van der Waals surface area (Å²) in [4.78, 5) is 13.3. The Labute approximate surface area is 169 Å². The number of anilines is 1. The zero-order valence-electron chi connectivity index (χ0n) is 17.7. The molecule has 2 aromatic carbocycles. The molecule has 0 saturated carbocycles. The molecular weight excluding hydrogens is 344 g/mol. The second-order valence-electron chi connectivity index (χ2n) is 9.11. The van der Waals surface area contributed by atoms with Crippen LogP contribution in [0.5, 0.6) is 0 Å². The summed E-state index contributed by atoms with van der Waals surface area (Å²) in [5.74, 6) is 0.612. The molecule has 1 heterocycles. The minimum Gasteiger partial charge on any atom is -0.326 e. The zero-order valence-corrected chi connectivity index (χ0v) is 17.7. The third-order valence-corrected chi connectivity index (χ3v) is 5.80. The third kappa shape index (κ3) is 5.02. The number of nitrogens with one attached hydrogen (secondary N) is 2. The van der Waals surface area contributed by atoms with Gasteiger partial charge in [0.25, 0.3) is 0 Å². The summed E-state index contributed by atoms with van der Waals surface area (Å²) in [6, 6.07) is 18.7. The molecule has 0 bridgehead atoms. The van der Waals surface area contributed by atoms with E-state index in [1.165, 1.54) is 11.1 Å². The van der Waals surface area contributed by atoms with Gasteiger partial charge in [-0.2, -0.15) is 0 Å². The van der Waals surface area contributed by atoms with Gasteiger partial charge in [-0.25, -0.2) is 0 Å². The van der Waals surface area contributed by atoms with Crippen LogP contribution in [-0.4, -0.2) is 12.5 Å². The van der Waals surface area contributed by atoms with Crippen LogP contribution in [0.15, 0.2) is 54.6 Å². The maximum Gasteiger partial charge on any atom is 0.229 e. The number of rotatable bonds is 5. The smallest absolute Gasteiger partial charge is 0.229 e. The summed E-state index contributed by atoms with van der Waals surface area (Å²) in [5, 5.41) is 6.87. The van der Waals surface area contributed by atoms with Crippen molar-refractivity contribution in [1.82, 2.24) is 5.32 Å². The predicted molar refractivity (Wildman–Crippen MR) is 117 cm³/mol. The molecule has 28 heavy (non-hydrogen) atoms. The fraction of sp³-hybridized carbons (Fsp3) is 0.480. The minimum atomic E-state index is -0.0639. The van der Waals surface area contributed by atoms with Crippen molar-refractivity contribution < 1.29 is 4.79 Å². The van der Waals surface area contributed by atoms with Crippen molar-refractivity contribution in [2.45, 2.75) is 58.4 Å². The highest BCUT2D eigenvalue weighted by Crippen LogP contribution is 2.34. The molecule has 2 N–H and O–H groups in total. The molecule has 3 unspecified atom stereocenters. The molecule has 1 amide bonds. The van der Waals surface area contributed by atoms with Crippen LogP contribution in [-0.2, 0) is 10.2 Å². The van der Waals surface area contributed by atoms with Gasteiger partial charge in [-0.3, -0.25) is 4.79 Å². The zero-order chi connectivity index (χ0) is 20.1.